The van der Waals surface area contributed by atoms with Crippen molar-refractivity contribution in [3.8, 4) is 0 Å². The number of aromatic nitrogens is 2. The van der Waals surface area contributed by atoms with Gasteiger partial charge in [-0.15, -0.1) is 11.6 Å². The Labute approximate surface area is 211 Å². The minimum absolute atomic E-state index is 0.190. The smallest absolute Gasteiger partial charge is 0.140 e. The second-order valence-corrected chi connectivity index (χ2v) is 8.35. The van der Waals surface area contributed by atoms with E-state index in [4.69, 9.17) is 26.1 Å². The summed E-state index contributed by atoms with van der Waals surface area (Å²) in [5, 5.41) is 0. The number of halogens is 1. The molecule has 2 atom stereocenters. The second kappa shape index (κ2) is 16.4. The third-order valence-corrected chi connectivity index (χ3v) is 5.97. The first kappa shape index (κ1) is 29.9. The van der Waals surface area contributed by atoms with Gasteiger partial charge in [0.1, 0.15) is 23.7 Å². The number of methoxy groups -OCH3 is 2. The van der Waals surface area contributed by atoms with E-state index in [0.29, 0.717) is 24.1 Å². The van der Waals surface area contributed by atoms with Crippen LogP contribution in [0.15, 0.2) is 52.7 Å². The number of amidine groups is 1. The highest BCUT2D eigenvalue weighted by Crippen LogP contribution is 2.27. The monoisotopic (exact) mass is 490 g/mol. The van der Waals surface area contributed by atoms with Gasteiger partial charge >= 0.3 is 0 Å². The van der Waals surface area contributed by atoms with Crippen LogP contribution in [0.4, 0.5) is 5.82 Å². The van der Waals surface area contributed by atoms with Crippen LogP contribution in [0.3, 0.4) is 0 Å². The third kappa shape index (κ3) is 8.88. The lowest BCUT2D eigenvalue weighted by Crippen LogP contribution is -2.34. The van der Waals surface area contributed by atoms with E-state index in [-0.39, 0.29) is 6.10 Å². The molecule has 0 fully saturated rings. The molecule has 0 saturated heterocycles. The van der Waals surface area contributed by atoms with Crippen molar-refractivity contribution in [2.75, 3.05) is 38.1 Å². The number of likely N-dealkylation sites (N-methyl/N-ethyl adjacent to an activating group) is 1. The zero-order valence-corrected chi connectivity index (χ0v) is 23.0. The summed E-state index contributed by atoms with van der Waals surface area (Å²) in [4.78, 5) is 15.9. The maximum atomic E-state index is 5.97. The average Bonchev–Trinajstić information content (AvgIpc) is 2.85. The van der Waals surface area contributed by atoms with Crippen LogP contribution in [-0.2, 0) is 9.47 Å². The Balaban J connectivity index is 3.34. The Hall–Kier alpha value is -2.18. The van der Waals surface area contributed by atoms with Crippen molar-refractivity contribution in [3.05, 3.63) is 53.2 Å². The number of allylic oxidation sites excluding steroid dienone is 3. The van der Waals surface area contributed by atoms with Crippen LogP contribution in [0.5, 0.6) is 0 Å². The summed E-state index contributed by atoms with van der Waals surface area (Å²) in [6.45, 7) is 14.4. The molecular formula is C27H43ClN4O2. The Morgan fingerprint density at radius 2 is 1.94 bits per heavy atom. The van der Waals surface area contributed by atoms with Crippen molar-refractivity contribution in [2.24, 2.45) is 10.9 Å². The van der Waals surface area contributed by atoms with Crippen LogP contribution in [0.25, 0.3) is 0 Å². The van der Waals surface area contributed by atoms with Gasteiger partial charge in [-0.25, -0.2) is 9.97 Å². The molecule has 0 aromatic carbocycles. The second-order valence-electron chi connectivity index (χ2n) is 8.08. The van der Waals surface area contributed by atoms with Crippen LogP contribution in [0, 0.1) is 12.8 Å². The SMILES string of the molecule is CC/C=C(/CC(C)C(=CC(/C=C(\CCl)OC)OC)CC)C(=NCC)N(CC)c1ncncc1C. The van der Waals surface area contributed by atoms with Gasteiger partial charge in [-0.1, -0.05) is 38.5 Å². The topological polar surface area (TPSA) is 59.8 Å². The molecular weight excluding hydrogens is 448 g/mol. The van der Waals surface area contributed by atoms with E-state index in [9.17, 15) is 0 Å². The van der Waals surface area contributed by atoms with Gasteiger partial charge in [-0.3, -0.25) is 4.99 Å². The number of hydrogen-bond donors (Lipinski definition) is 0. The summed E-state index contributed by atoms with van der Waals surface area (Å²) in [6, 6.07) is 0. The van der Waals surface area contributed by atoms with Crippen LogP contribution in [-0.4, -0.2) is 55.1 Å². The summed E-state index contributed by atoms with van der Waals surface area (Å²) < 4.78 is 11.0. The molecule has 0 aliphatic carbocycles. The maximum Gasteiger partial charge on any atom is 0.140 e. The molecule has 1 aromatic rings. The fourth-order valence-corrected chi connectivity index (χ4v) is 4.13. The molecule has 190 valence electrons. The highest BCUT2D eigenvalue weighted by Gasteiger charge is 2.22. The molecule has 0 aliphatic rings. The number of nitrogens with zero attached hydrogens (tertiary/aromatic N) is 4. The Morgan fingerprint density at radius 1 is 1.21 bits per heavy atom. The molecule has 0 radical (unpaired) electrons. The van der Waals surface area contributed by atoms with Crippen molar-refractivity contribution in [3.63, 3.8) is 0 Å². The van der Waals surface area contributed by atoms with Crippen molar-refractivity contribution < 1.29 is 9.47 Å². The Kier molecular flexibility index (Phi) is 14.4. The number of rotatable bonds is 14. The number of aliphatic imine (C=N–C) groups is 1. The van der Waals surface area contributed by atoms with E-state index in [1.165, 1.54) is 11.1 Å². The van der Waals surface area contributed by atoms with E-state index in [2.05, 4.69) is 61.6 Å². The third-order valence-electron chi connectivity index (χ3n) is 5.70. The molecule has 0 spiro atoms. The molecule has 1 heterocycles. The molecule has 34 heavy (non-hydrogen) atoms. The van der Waals surface area contributed by atoms with Gasteiger partial charge in [0.05, 0.1) is 19.1 Å². The molecule has 0 N–H and O–H groups in total. The number of hydrogen-bond acceptors (Lipinski definition) is 5. The van der Waals surface area contributed by atoms with Crippen molar-refractivity contribution in [1.29, 1.82) is 0 Å². The van der Waals surface area contributed by atoms with E-state index in [0.717, 1.165) is 43.0 Å². The molecule has 7 heteroatoms. The first-order valence-corrected chi connectivity index (χ1v) is 12.8. The predicted molar refractivity (Wildman–Crippen MR) is 145 cm³/mol. The number of alkyl halides is 1. The molecule has 1 rings (SSSR count). The van der Waals surface area contributed by atoms with Crippen molar-refractivity contribution in [2.45, 2.75) is 66.9 Å². The number of anilines is 1. The first-order valence-electron chi connectivity index (χ1n) is 12.2. The fraction of sp³-hybridized carbons (Fsp3) is 0.593. The highest BCUT2D eigenvalue weighted by atomic mass is 35.5. The largest absolute Gasteiger partial charge is 0.500 e. The summed E-state index contributed by atoms with van der Waals surface area (Å²) in [7, 11) is 3.33. The lowest BCUT2D eigenvalue weighted by molar-refractivity contribution is 0.170. The first-order chi connectivity index (χ1) is 16.4. The minimum Gasteiger partial charge on any atom is -0.500 e. The van der Waals surface area contributed by atoms with Gasteiger partial charge in [-0.2, -0.15) is 0 Å². The van der Waals surface area contributed by atoms with E-state index < -0.39 is 0 Å². The zero-order chi connectivity index (χ0) is 25.5. The van der Waals surface area contributed by atoms with Crippen LogP contribution >= 0.6 is 11.6 Å². The molecule has 0 aliphatic heterocycles. The predicted octanol–water partition coefficient (Wildman–Crippen LogP) is 6.51. The Bertz CT molecular complexity index is 858. The molecule has 6 nitrogen and oxygen atoms in total. The summed E-state index contributed by atoms with van der Waals surface area (Å²) in [5.74, 6) is 3.22. The van der Waals surface area contributed by atoms with Gasteiger partial charge < -0.3 is 14.4 Å². The molecule has 2 unspecified atom stereocenters. The van der Waals surface area contributed by atoms with Crippen LogP contribution in [0.2, 0.25) is 0 Å². The summed E-state index contributed by atoms with van der Waals surface area (Å²) in [5.41, 5.74) is 3.60. The van der Waals surface area contributed by atoms with Gasteiger partial charge in [0.2, 0.25) is 0 Å². The van der Waals surface area contributed by atoms with E-state index in [1.54, 1.807) is 20.5 Å². The normalized spacial score (nSPS) is 15.3. The van der Waals surface area contributed by atoms with Crippen molar-refractivity contribution in [1.82, 2.24) is 9.97 Å². The lowest BCUT2D eigenvalue weighted by atomic mass is 9.89. The molecule has 0 bridgehead atoms. The highest BCUT2D eigenvalue weighted by molar-refractivity contribution is 6.19. The fourth-order valence-electron chi connectivity index (χ4n) is 3.93. The summed E-state index contributed by atoms with van der Waals surface area (Å²) >= 11 is 5.97. The molecule has 0 saturated carbocycles. The van der Waals surface area contributed by atoms with Gasteiger partial charge in [-0.05, 0) is 57.6 Å². The number of aryl methyl sites for hydroxylation is 1. The molecule has 1 aromatic heterocycles. The summed E-state index contributed by atoms with van der Waals surface area (Å²) in [6.07, 6.45) is 12.4. The van der Waals surface area contributed by atoms with Gasteiger partial charge in [0.25, 0.3) is 0 Å². The Morgan fingerprint density at radius 3 is 2.44 bits per heavy atom. The van der Waals surface area contributed by atoms with E-state index >= 15 is 0 Å². The van der Waals surface area contributed by atoms with Gasteiger partial charge in [0.15, 0.2) is 0 Å². The maximum absolute atomic E-state index is 5.97. The van der Waals surface area contributed by atoms with Gasteiger partial charge in [0, 0.05) is 32.0 Å². The zero-order valence-electron chi connectivity index (χ0n) is 22.3. The van der Waals surface area contributed by atoms with Crippen molar-refractivity contribution >= 4 is 23.3 Å². The number of ether oxygens (including phenoxy) is 2. The van der Waals surface area contributed by atoms with E-state index in [1.807, 2.05) is 19.2 Å². The standard InChI is InChI=1S/C27H43ClN4O2/c1-9-13-23(27(30-11-3)32(12-4)26-21(6)18-29-19-31-26)14-20(5)22(10-2)15-24(33-7)16-25(17-28)34-8/h13,15-16,18-20,24H,9-12,14,17H2,1-8H3/b22-15?,23-13-,25-16+,30-27?. The molecule has 0 amide bonds. The lowest BCUT2D eigenvalue weighted by Gasteiger charge is -2.28. The minimum atomic E-state index is -0.190. The van der Waals surface area contributed by atoms with Crippen LogP contribution in [0.1, 0.15) is 59.4 Å². The quantitative estimate of drug-likeness (QED) is 0.0977. The van der Waals surface area contributed by atoms with Crippen LogP contribution < -0.4 is 4.90 Å². The average molecular weight is 491 g/mol.